The summed E-state index contributed by atoms with van der Waals surface area (Å²) in [6.07, 6.45) is 12.3. The first-order valence-electron chi connectivity index (χ1n) is 9.87. The summed E-state index contributed by atoms with van der Waals surface area (Å²) >= 11 is 2.03. The average molecular weight is 387 g/mol. The van der Waals surface area contributed by atoms with Crippen molar-refractivity contribution in [3.63, 3.8) is 0 Å². The Bertz CT molecular complexity index is 1060. The largest absolute Gasteiger partial charge is 0.118 e. The predicted octanol–water partition coefficient (Wildman–Crippen LogP) is 7.12. The van der Waals surface area contributed by atoms with E-state index < -0.39 is 8.07 Å². The van der Waals surface area contributed by atoms with E-state index in [-0.39, 0.29) is 0 Å². The Labute approximate surface area is 168 Å². The van der Waals surface area contributed by atoms with Gasteiger partial charge in [0.05, 0.1) is 13.3 Å². The van der Waals surface area contributed by atoms with E-state index in [9.17, 15) is 0 Å². The number of hydrogen-bond donors (Lipinski definition) is 0. The van der Waals surface area contributed by atoms with Crippen LogP contribution in [0.5, 0.6) is 0 Å². The second-order valence-corrected chi connectivity index (χ2v) is 14.7. The maximum atomic E-state index is 2.57. The van der Waals surface area contributed by atoms with E-state index in [2.05, 4.69) is 88.5 Å². The Morgan fingerprint density at radius 2 is 1.78 bits per heavy atom. The maximum absolute atomic E-state index is 2.57. The number of fused-ring (bicyclic) bond motifs is 3. The maximum Gasteiger partial charge on any atom is 0.0931 e. The van der Waals surface area contributed by atoms with Crippen molar-refractivity contribution in [2.45, 2.75) is 44.7 Å². The molecule has 5 rings (SSSR count). The number of allylic oxidation sites excluding steroid dienone is 9. The van der Waals surface area contributed by atoms with Gasteiger partial charge in [-0.15, -0.1) is 11.8 Å². The Hall–Kier alpha value is -1.77. The van der Waals surface area contributed by atoms with E-state index in [1.165, 1.54) is 43.9 Å². The van der Waals surface area contributed by atoms with Gasteiger partial charge in [0, 0.05) is 5.54 Å². The third kappa shape index (κ3) is 2.43. The third-order valence-electron chi connectivity index (χ3n) is 6.77. The highest BCUT2D eigenvalue weighted by atomic mass is 32.2. The lowest BCUT2D eigenvalue weighted by atomic mass is 9.92. The van der Waals surface area contributed by atoms with E-state index in [4.69, 9.17) is 0 Å². The van der Waals surface area contributed by atoms with Gasteiger partial charge in [0.15, 0.2) is 0 Å². The highest BCUT2D eigenvalue weighted by molar-refractivity contribution is 8.04. The van der Waals surface area contributed by atoms with Gasteiger partial charge in [-0.25, -0.2) is 0 Å². The monoisotopic (exact) mass is 386 g/mol. The second-order valence-electron chi connectivity index (χ2n) is 8.74. The Balaban J connectivity index is 1.56. The fourth-order valence-corrected chi connectivity index (χ4v) is 10.5. The van der Waals surface area contributed by atoms with Crippen LogP contribution in [0, 0.1) is 0 Å². The van der Waals surface area contributed by atoms with Crippen LogP contribution in [0.4, 0.5) is 0 Å². The zero-order valence-electron chi connectivity index (χ0n) is 16.8. The van der Waals surface area contributed by atoms with Crippen molar-refractivity contribution < 1.29 is 0 Å². The molecule has 0 N–H and O–H groups in total. The molecule has 0 nitrogen and oxygen atoms in total. The molecule has 1 aliphatic heterocycles. The molecule has 0 saturated carbocycles. The van der Waals surface area contributed by atoms with Crippen LogP contribution >= 0.6 is 11.8 Å². The summed E-state index contributed by atoms with van der Waals surface area (Å²) in [6, 6.07) is 8.96. The van der Waals surface area contributed by atoms with Crippen LogP contribution in [0.3, 0.4) is 0 Å². The number of thioether (sulfide) groups is 1. The molecule has 136 valence electrons. The predicted molar refractivity (Wildman–Crippen MR) is 122 cm³/mol. The van der Waals surface area contributed by atoms with Crippen LogP contribution in [-0.4, -0.2) is 13.3 Å². The van der Waals surface area contributed by atoms with Crippen molar-refractivity contribution in [1.82, 2.24) is 0 Å². The minimum absolute atomic E-state index is 0.509. The van der Waals surface area contributed by atoms with Crippen LogP contribution in [0.2, 0.25) is 13.1 Å². The molecule has 0 aromatic heterocycles. The van der Waals surface area contributed by atoms with E-state index in [0.717, 1.165) is 0 Å². The van der Waals surface area contributed by atoms with Crippen LogP contribution in [0.25, 0.3) is 6.08 Å². The number of hydrogen-bond acceptors (Lipinski definition) is 1. The van der Waals surface area contributed by atoms with Crippen LogP contribution in [-0.2, 0) is 0 Å². The summed E-state index contributed by atoms with van der Waals surface area (Å²) in [5, 5.41) is 2.18. The van der Waals surface area contributed by atoms with Gasteiger partial charge < -0.3 is 0 Å². The Kier molecular flexibility index (Phi) is 3.76. The quantitative estimate of drug-likeness (QED) is 0.488. The molecule has 0 fully saturated rings. The zero-order chi connectivity index (χ0) is 18.9. The summed E-state index contributed by atoms with van der Waals surface area (Å²) in [6.45, 7) is 12.0. The molecule has 1 heterocycles. The molecule has 2 heteroatoms. The minimum atomic E-state index is -1.72. The lowest BCUT2D eigenvalue weighted by Gasteiger charge is -2.34. The summed E-state index contributed by atoms with van der Waals surface area (Å²) in [7, 11) is -1.72. The first-order valence-corrected chi connectivity index (χ1v) is 13.8. The number of rotatable bonds is 2. The van der Waals surface area contributed by atoms with Crippen LogP contribution < -0.4 is 0 Å². The van der Waals surface area contributed by atoms with E-state index in [1.807, 2.05) is 11.8 Å². The molecule has 27 heavy (non-hydrogen) atoms. The molecular weight excluding hydrogens is 360 g/mol. The summed E-state index contributed by atoms with van der Waals surface area (Å²) in [5.74, 6) is 0. The fourth-order valence-electron chi connectivity index (χ4n) is 5.32. The average Bonchev–Trinajstić information content (AvgIpc) is 3.27. The van der Waals surface area contributed by atoms with Crippen molar-refractivity contribution >= 4 is 25.9 Å². The van der Waals surface area contributed by atoms with Crippen molar-refractivity contribution in [3.05, 3.63) is 97.7 Å². The third-order valence-corrected chi connectivity index (χ3v) is 12.1. The standard InChI is InChI=1S/C25H26SSi/c1-15-12-19-13-21-16(2)17(3)26-23(21)14-22(19)25(15)27(4,5)24-11-10-18-8-6-7-9-20(18)24/h6-14,23-24H,1-5H3. The molecule has 2 unspecified atom stereocenters. The summed E-state index contributed by atoms with van der Waals surface area (Å²) in [5.41, 5.74) is 11.0. The van der Waals surface area contributed by atoms with Gasteiger partial charge >= 0.3 is 0 Å². The zero-order valence-corrected chi connectivity index (χ0v) is 18.6. The molecule has 0 spiro atoms. The minimum Gasteiger partial charge on any atom is -0.118 e. The van der Waals surface area contributed by atoms with Crippen LogP contribution in [0.15, 0.2) is 86.5 Å². The molecule has 0 saturated heterocycles. The lowest BCUT2D eigenvalue weighted by molar-refractivity contribution is 1.15. The smallest absolute Gasteiger partial charge is 0.0931 e. The van der Waals surface area contributed by atoms with Crippen molar-refractivity contribution in [3.8, 4) is 0 Å². The first kappa shape index (κ1) is 17.3. The summed E-state index contributed by atoms with van der Waals surface area (Å²) in [4.78, 5) is 1.48. The molecule has 1 aromatic rings. The van der Waals surface area contributed by atoms with Crippen molar-refractivity contribution in [1.29, 1.82) is 0 Å². The topological polar surface area (TPSA) is 0 Å². The van der Waals surface area contributed by atoms with Crippen LogP contribution in [0.1, 0.15) is 37.4 Å². The van der Waals surface area contributed by atoms with E-state index >= 15 is 0 Å². The van der Waals surface area contributed by atoms with Gasteiger partial charge in [-0.1, -0.05) is 67.2 Å². The van der Waals surface area contributed by atoms with Gasteiger partial charge in [-0.2, -0.15) is 0 Å². The molecular formula is C25H26SSi. The second kappa shape index (κ2) is 5.86. The molecule has 1 aromatic carbocycles. The molecule has 2 atom stereocenters. The van der Waals surface area contributed by atoms with Gasteiger partial charge in [0.1, 0.15) is 0 Å². The fraction of sp³-hybridized carbons (Fsp3) is 0.280. The van der Waals surface area contributed by atoms with E-state index in [1.54, 1.807) is 5.20 Å². The van der Waals surface area contributed by atoms with Gasteiger partial charge in [0.25, 0.3) is 0 Å². The molecule has 0 bridgehead atoms. The van der Waals surface area contributed by atoms with Gasteiger partial charge in [-0.3, -0.25) is 0 Å². The van der Waals surface area contributed by atoms with Gasteiger partial charge in [-0.05, 0) is 70.4 Å². The molecule has 3 aliphatic carbocycles. The number of benzene rings is 1. The Morgan fingerprint density at radius 3 is 2.59 bits per heavy atom. The SMILES string of the molecule is CC1=C([Si](C)(C)C2C=Cc3ccccc32)C2=CC3SC(C)=C(C)C3=CC2=C1. The normalized spacial score (nSPS) is 26.0. The Morgan fingerprint density at radius 1 is 1.00 bits per heavy atom. The van der Waals surface area contributed by atoms with Crippen molar-refractivity contribution in [2.24, 2.45) is 0 Å². The first-order chi connectivity index (χ1) is 12.9. The molecule has 0 radical (unpaired) electrons. The highest BCUT2D eigenvalue weighted by Crippen LogP contribution is 2.52. The highest BCUT2D eigenvalue weighted by Gasteiger charge is 2.43. The lowest BCUT2D eigenvalue weighted by Crippen LogP contribution is -2.37. The van der Waals surface area contributed by atoms with E-state index in [0.29, 0.717) is 10.8 Å². The van der Waals surface area contributed by atoms with Crippen molar-refractivity contribution in [2.75, 3.05) is 0 Å². The summed E-state index contributed by atoms with van der Waals surface area (Å²) < 4.78 is 0. The molecule has 4 aliphatic rings. The van der Waals surface area contributed by atoms with Gasteiger partial charge in [0.2, 0.25) is 0 Å². The molecule has 0 amide bonds.